The Hall–Kier alpha value is -0.840. The number of amides is 1. The minimum atomic E-state index is -2.94. The summed E-state index contributed by atoms with van der Waals surface area (Å²) in [5.74, 6) is 0.150. The minimum absolute atomic E-state index is 0.107. The van der Waals surface area contributed by atoms with Crippen LogP contribution < -0.4 is 0 Å². The summed E-state index contributed by atoms with van der Waals surface area (Å²) in [5, 5.41) is 0. The van der Waals surface area contributed by atoms with Crippen molar-refractivity contribution in [2.24, 2.45) is 0 Å². The van der Waals surface area contributed by atoms with Crippen molar-refractivity contribution in [1.29, 1.82) is 0 Å². The maximum Gasteiger partial charge on any atom is 0.246 e. The fourth-order valence-electron chi connectivity index (χ4n) is 1.94. The minimum Gasteiger partial charge on any atom is -0.335 e. The summed E-state index contributed by atoms with van der Waals surface area (Å²) in [6, 6.07) is -0.151. The second kappa shape index (κ2) is 5.48. The van der Waals surface area contributed by atoms with Gasteiger partial charge in [0.15, 0.2) is 9.84 Å². The Bertz CT molecular complexity index is 361. The molecule has 1 atom stereocenters. The molecule has 1 saturated heterocycles. The molecule has 0 aromatic rings. The predicted molar refractivity (Wildman–Crippen MR) is 63.9 cm³/mol. The van der Waals surface area contributed by atoms with Crippen LogP contribution in [0.3, 0.4) is 0 Å². The Morgan fingerprint density at radius 3 is 2.69 bits per heavy atom. The first kappa shape index (κ1) is 13.2. The van der Waals surface area contributed by atoms with Crippen LogP contribution in [0.25, 0.3) is 0 Å². The molecule has 1 rings (SSSR count). The topological polar surface area (TPSA) is 54.5 Å². The number of rotatable bonds is 5. The lowest BCUT2D eigenvalue weighted by Gasteiger charge is -2.26. The van der Waals surface area contributed by atoms with Gasteiger partial charge in [-0.15, -0.1) is 0 Å². The van der Waals surface area contributed by atoms with E-state index in [2.05, 4.69) is 6.58 Å². The van der Waals surface area contributed by atoms with Crippen molar-refractivity contribution in [3.8, 4) is 0 Å². The lowest BCUT2D eigenvalue weighted by Crippen LogP contribution is -2.40. The van der Waals surface area contributed by atoms with Crippen LogP contribution in [-0.4, -0.2) is 43.3 Å². The van der Waals surface area contributed by atoms with Gasteiger partial charge in [0.1, 0.15) is 0 Å². The maximum atomic E-state index is 11.6. The van der Waals surface area contributed by atoms with Gasteiger partial charge >= 0.3 is 0 Å². The molecule has 0 aliphatic carbocycles. The highest BCUT2D eigenvalue weighted by Crippen LogP contribution is 2.18. The molecule has 0 aromatic carbocycles. The summed E-state index contributed by atoms with van der Waals surface area (Å²) in [4.78, 5) is 13.3. The highest BCUT2D eigenvalue weighted by molar-refractivity contribution is 7.91. The van der Waals surface area contributed by atoms with Gasteiger partial charge in [0.25, 0.3) is 0 Å². The van der Waals surface area contributed by atoms with Crippen molar-refractivity contribution in [3.05, 3.63) is 12.7 Å². The average Bonchev–Trinajstić information content (AvgIpc) is 2.59. The Kier molecular flexibility index (Phi) is 4.53. The Balaban J connectivity index is 2.70. The zero-order valence-corrected chi connectivity index (χ0v) is 10.5. The summed E-state index contributed by atoms with van der Waals surface area (Å²) in [7, 11) is -2.94. The highest BCUT2D eigenvalue weighted by Gasteiger charge is 2.33. The number of hydrogen-bond donors (Lipinski definition) is 0. The molecule has 1 aliphatic rings. The first-order chi connectivity index (χ1) is 7.50. The maximum absolute atomic E-state index is 11.6. The fraction of sp³-hybridized carbons (Fsp3) is 0.727. The van der Waals surface area contributed by atoms with Gasteiger partial charge in [-0.05, 0) is 18.9 Å². The second-order valence-corrected chi connectivity index (χ2v) is 6.37. The molecule has 0 bridgehead atoms. The SMILES string of the molecule is C=CC(=O)N(CCCC)C1CCS(=O)(=O)C1. The molecule has 5 heteroatoms. The fourth-order valence-corrected chi connectivity index (χ4v) is 3.67. The molecule has 0 N–H and O–H groups in total. The molecule has 1 heterocycles. The lowest BCUT2D eigenvalue weighted by atomic mass is 10.2. The van der Waals surface area contributed by atoms with Crippen LogP contribution in [0.15, 0.2) is 12.7 Å². The van der Waals surface area contributed by atoms with Crippen molar-refractivity contribution < 1.29 is 13.2 Å². The van der Waals surface area contributed by atoms with Crippen LogP contribution in [0.5, 0.6) is 0 Å². The average molecular weight is 245 g/mol. The highest BCUT2D eigenvalue weighted by atomic mass is 32.2. The van der Waals surface area contributed by atoms with E-state index in [-0.39, 0.29) is 23.5 Å². The Labute approximate surface area is 97.2 Å². The van der Waals surface area contributed by atoms with E-state index >= 15 is 0 Å². The molecule has 0 aromatic heterocycles. The Morgan fingerprint density at radius 1 is 1.56 bits per heavy atom. The standard InChI is InChI=1S/C11H19NO3S/c1-3-5-7-12(11(13)4-2)10-6-8-16(14,15)9-10/h4,10H,2-3,5-9H2,1H3. The summed E-state index contributed by atoms with van der Waals surface area (Å²) < 4.78 is 22.7. The molecule has 16 heavy (non-hydrogen) atoms. The van der Waals surface area contributed by atoms with Gasteiger partial charge in [0.2, 0.25) is 5.91 Å². The van der Waals surface area contributed by atoms with E-state index in [4.69, 9.17) is 0 Å². The lowest BCUT2D eigenvalue weighted by molar-refractivity contribution is -0.127. The van der Waals surface area contributed by atoms with Crippen LogP contribution in [-0.2, 0) is 14.6 Å². The molecule has 1 fully saturated rings. The molecule has 92 valence electrons. The monoisotopic (exact) mass is 245 g/mol. The zero-order valence-electron chi connectivity index (χ0n) is 9.68. The van der Waals surface area contributed by atoms with Crippen LogP contribution >= 0.6 is 0 Å². The first-order valence-electron chi connectivity index (χ1n) is 5.63. The molecule has 0 spiro atoms. The molecule has 0 saturated carbocycles. The van der Waals surface area contributed by atoms with Gasteiger partial charge in [0.05, 0.1) is 11.5 Å². The van der Waals surface area contributed by atoms with E-state index < -0.39 is 9.84 Å². The van der Waals surface area contributed by atoms with E-state index in [9.17, 15) is 13.2 Å². The largest absolute Gasteiger partial charge is 0.335 e. The van der Waals surface area contributed by atoms with Crippen LogP contribution in [0.1, 0.15) is 26.2 Å². The number of sulfone groups is 1. The van der Waals surface area contributed by atoms with Crippen molar-refractivity contribution in [3.63, 3.8) is 0 Å². The molecule has 0 radical (unpaired) electrons. The van der Waals surface area contributed by atoms with Crippen molar-refractivity contribution in [1.82, 2.24) is 4.90 Å². The van der Waals surface area contributed by atoms with E-state index in [0.717, 1.165) is 12.8 Å². The molecular weight excluding hydrogens is 226 g/mol. The zero-order chi connectivity index (χ0) is 12.2. The van der Waals surface area contributed by atoms with Gasteiger partial charge < -0.3 is 4.90 Å². The number of hydrogen-bond acceptors (Lipinski definition) is 3. The van der Waals surface area contributed by atoms with Crippen molar-refractivity contribution in [2.45, 2.75) is 32.2 Å². The predicted octanol–water partition coefficient (Wildman–Crippen LogP) is 0.988. The van der Waals surface area contributed by atoms with Crippen molar-refractivity contribution in [2.75, 3.05) is 18.1 Å². The van der Waals surface area contributed by atoms with Crippen LogP contribution in [0.4, 0.5) is 0 Å². The molecule has 1 amide bonds. The van der Waals surface area contributed by atoms with Gasteiger partial charge in [-0.3, -0.25) is 4.79 Å². The molecular formula is C11H19NO3S. The number of carbonyl (C=O) groups excluding carboxylic acids is 1. The number of carbonyl (C=O) groups is 1. The Morgan fingerprint density at radius 2 is 2.25 bits per heavy atom. The van der Waals surface area contributed by atoms with Gasteiger partial charge in [0, 0.05) is 12.6 Å². The first-order valence-corrected chi connectivity index (χ1v) is 7.45. The van der Waals surface area contributed by atoms with Crippen LogP contribution in [0, 0.1) is 0 Å². The van der Waals surface area contributed by atoms with Crippen LogP contribution in [0.2, 0.25) is 0 Å². The summed E-state index contributed by atoms with van der Waals surface area (Å²) >= 11 is 0. The van der Waals surface area contributed by atoms with E-state index in [1.807, 2.05) is 6.92 Å². The third-order valence-corrected chi connectivity index (χ3v) is 4.61. The molecule has 1 unspecified atom stereocenters. The van der Waals surface area contributed by atoms with Gasteiger partial charge in [-0.25, -0.2) is 8.42 Å². The second-order valence-electron chi connectivity index (χ2n) is 4.15. The number of nitrogens with zero attached hydrogens (tertiary/aromatic N) is 1. The van der Waals surface area contributed by atoms with Gasteiger partial charge in [-0.2, -0.15) is 0 Å². The van der Waals surface area contributed by atoms with E-state index in [0.29, 0.717) is 13.0 Å². The molecule has 4 nitrogen and oxygen atoms in total. The van der Waals surface area contributed by atoms with Gasteiger partial charge in [-0.1, -0.05) is 19.9 Å². The van der Waals surface area contributed by atoms with Crippen molar-refractivity contribution >= 4 is 15.7 Å². The van der Waals surface area contributed by atoms with E-state index in [1.165, 1.54) is 6.08 Å². The summed E-state index contributed by atoms with van der Waals surface area (Å²) in [6.07, 6.45) is 3.71. The smallest absolute Gasteiger partial charge is 0.246 e. The summed E-state index contributed by atoms with van der Waals surface area (Å²) in [5.41, 5.74) is 0. The molecule has 1 aliphatic heterocycles. The quantitative estimate of drug-likeness (QED) is 0.679. The third kappa shape index (κ3) is 3.33. The summed E-state index contributed by atoms with van der Waals surface area (Å²) in [6.45, 7) is 6.13. The number of unbranched alkanes of at least 4 members (excludes halogenated alkanes) is 1. The third-order valence-electron chi connectivity index (χ3n) is 2.86. The van der Waals surface area contributed by atoms with E-state index in [1.54, 1.807) is 4.90 Å². The normalized spacial score (nSPS) is 22.9.